The van der Waals surface area contributed by atoms with Gasteiger partial charge in [0, 0.05) is 16.2 Å². The van der Waals surface area contributed by atoms with Gasteiger partial charge < -0.3 is 10.5 Å². The molecule has 0 bridgehead atoms. The molecule has 0 saturated heterocycles. The van der Waals surface area contributed by atoms with Gasteiger partial charge in [-0.1, -0.05) is 28.1 Å². The van der Waals surface area contributed by atoms with Crippen LogP contribution in [-0.2, 0) is 12.8 Å². The van der Waals surface area contributed by atoms with Crippen LogP contribution < -0.4 is 10.5 Å². The monoisotopic (exact) mass is 366 g/mol. The number of aryl methyl sites for hydroxylation is 2. The van der Waals surface area contributed by atoms with Gasteiger partial charge in [-0.2, -0.15) is 0 Å². The Morgan fingerprint density at radius 3 is 2.81 bits per heavy atom. The van der Waals surface area contributed by atoms with E-state index in [9.17, 15) is 4.39 Å². The second kappa shape index (κ2) is 5.69. The summed E-state index contributed by atoms with van der Waals surface area (Å²) in [7, 11) is 0. The molecule has 0 atom stereocenters. The fourth-order valence-electron chi connectivity index (χ4n) is 2.41. The van der Waals surface area contributed by atoms with Crippen LogP contribution in [0.5, 0.6) is 11.6 Å². The van der Waals surface area contributed by atoms with Crippen LogP contribution in [0.2, 0.25) is 0 Å². The van der Waals surface area contributed by atoms with Crippen molar-refractivity contribution in [2.45, 2.75) is 19.3 Å². The van der Waals surface area contributed by atoms with Gasteiger partial charge in [0.25, 0.3) is 0 Å². The van der Waals surface area contributed by atoms with Crippen LogP contribution >= 0.6 is 28.1 Å². The Morgan fingerprint density at radius 2 is 2.10 bits per heavy atom. The Bertz CT molecular complexity index is 716. The zero-order valence-corrected chi connectivity index (χ0v) is 13.4. The normalized spacial score (nSPS) is 13.0. The highest BCUT2D eigenvalue weighted by atomic mass is 79.9. The third-order valence-corrected chi connectivity index (χ3v) is 4.01. The number of hydrogen-bond donors (Lipinski definition) is 1. The van der Waals surface area contributed by atoms with Gasteiger partial charge >= 0.3 is 0 Å². The number of aromatic nitrogens is 1. The first-order chi connectivity index (χ1) is 10.0. The first-order valence-electron chi connectivity index (χ1n) is 6.49. The lowest BCUT2D eigenvalue weighted by Crippen LogP contribution is -2.13. The third-order valence-electron chi connectivity index (χ3n) is 3.33. The quantitative estimate of drug-likeness (QED) is 0.836. The van der Waals surface area contributed by atoms with Crippen LogP contribution in [0.4, 0.5) is 4.39 Å². The lowest BCUT2D eigenvalue weighted by atomic mass is 10.1. The van der Waals surface area contributed by atoms with Crippen molar-refractivity contribution in [1.82, 2.24) is 4.98 Å². The van der Waals surface area contributed by atoms with Crippen molar-refractivity contribution in [2.24, 2.45) is 5.73 Å². The number of ether oxygens (including phenoxy) is 1. The Labute approximate surface area is 135 Å². The Balaban J connectivity index is 2.03. The van der Waals surface area contributed by atoms with E-state index in [0.29, 0.717) is 21.7 Å². The van der Waals surface area contributed by atoms with Crippen molar-refractivity contribution in [2.75, 3.05) is 0 Å². The number of rotatable bonds is 3. The van der Waals surface area contributed by atoms with Gasteiger partial charge in [0.2, 0.25) is 5.88 Å². The molecule has 0 aliphatic heterocycles. The summed E-state index contributed by atoms with van der Waals surface area (Å²) in [5.74, 6) is 0.294. The number of nitrogens with zero attached hydrogens (tertiary/aromatic N) is 1. The number of nitrogens with two attached hydrogens (primary N) is 1. The predicted octanol–water partition coefficient (Wildman–Crippen LogP) is 3.90. The fraction of sp³-hybridized carbons (Fsp3) is 0.200. The van der Waals surface area contributed by atoms with Gasteiger partial charge in [0.15, 0.2) is 0 Å². The lowest BCUT2D eigenvalue weighted by molar-refractivity contribution is 0.455. The van der Waals surface area contributed by atoms with Crippen molar-refractivity contribution in [3.05, 3.63) is 51.4 Å². The van der Waals surface area contributed by atoms with Crippen LogP contribution in [0.1, 0.15) is 23.2 Å². The van der Waals surface area contributed by atoms with Crippen molar-refractivity contribution in [3.8, 4) is 11.6 Å². The van der Waals surface area contributed by atoms with Crippen LogP contribution in [0, 0.1) is 5.82 Å². The van der Waals surface area contributed by atoms with E-state index in [4.69, 9.17) is 22.7 Å². The molecule has 0 saturated carbocycles. The minimum absolute atomic E-state index is 0.225. The largest absolute Gasteiger partial charge is 0.438 e. The minimum atomic E-state index is -0.391. The molecule has 0 spiro atoms. The van der Waals surface area contributed by atoms with E-state index in [0.717, 1.165) is 30.5 Å². The van der Waals surface area contributed by atoms with Gasteiger partial charge in [0.1, 0.15) is 16.6 Å². The molecule has 0 amide bonds. The molecule has 1 aliphatic carbocycles. The third kappa shape index (κ3) is 3.06. The summed E-state index contributed by atoms with van der Waals surface area (Å²) in [5, 5.41) is 0. The maximum Gasteiger partial charge on any atom is 0.229 e. The summed E-state index contributed by atoms with van der Waals surface area (Å²) >= 11 is 8.30. The van der Waals surface area contributed by atoms with Crippen molar-refractivity contribution >= 4 is 33.1 Å². The van der Waals surface area contributed by atoms with E-state index in [-0.39, 0.29) is 4.99 Å². The summed E-state index contributed by atoms with van der Waals surface area (Å²) < 4.78 is 19.7. The fourth-order valence-corrected chi connectivity index (χ4v) is 3.00. The maximum atomic E-state index is 13.4. The number of halogens is 2. The van der Waals surface area contributed by atoms with E-state index in [1.54, 1.807) is 6.07 Å². The number of hydrogen-bond acceptors (Lipinski definition) is 3. The number of fused-ring (bicyclic) bond motifs is 1. The second-order valence-electron chi connectivity index (χ2n) is 4.87. The summed E-state index contributed by atoms with van der Waals surface area (Å²) in [4.78, 5) is 4.73. The molecule has 1 aromatic carbocycles. The van der Waals surface area contributed by atoms with Gasteiger partial charge in [-0.3, -0.25) is 0 Å². The van der Waals surface area contributed by atoms with Gasteiger partial charge in [-0.15, -0.1) is 0 Å². The smallest absolute Gasteiger partial charge is 0.229 e. The van der Waals surface area contributed by atoms with Crippen LogP contribution in [-0.4, -0.2) is 9.97 Å². The molecule has 2 N–H and O–H groups in total. The Morgan fingerprint density at radius 1 is 1.29 bits per heavy atom. The van der Waals surface area contributed by atoms with Crippen LogP contribution in [0.3, 0.4) is 0 Å². The molecule has 1 aliphatic rings. The molecule has 0 fully saturated rings. The minimum Gasteiger partial charge on any atom is -0.438 e. The highest BCUT2D eigenvalue weighted by Gasteiger charge is 2.19. The second-order valence-corrected chi connectivity index (χ2v) is 6.23. The zero-order valence-electron chi connectivity index (χ0n) is 11.0. The first-order valence-corrected chi connectivity index (χ1v) is 7.69. The summed E-state index contributed by atoms with van der Waals surface area (Å²) in [6.45, 7) is 0. The maximum absolute atomic E-state index is 13.4. The first kappa shape index (κ1) is 14.4. The average molecular weight is 367 g/mol. The van der Waals surface area contributed by atoms with Crippen molar-refractivity contribution in [1.29, 1.82) is 0 Å². The Kier molecular flexibility index (Phi) is 3.91. The molecule has 1 aromatic heterocycles. The Hall–Kier alpha value is -1.53. The zero-order chi connectivity index (χ0) is 15.0. The van der Waals surface area contributed by atoms with Crippen LogP contribution in [0.25, 0.3) is 0 Å². The van der Waals surface area contributed by atoms with Gasteiger partial charge in [-0.05, 0) is 43.0 Å². The highest BCUT2D eigenvalue weighted by molar-refractivity contribution is 9.10. The molecule has 0 radical (unpaired) electrons. The molecule has 0 unspecified atom stereocenters. The number of thiocarbonyl (C=S) groups is 1. The highest BCUT2D eigenvalue weighted by Crippen LogP contribution is 2.31. The lowest BCUT2D eigenvalue weighted by Gasteiger charge is -2.12. The predicted molar refractivity (Wildman–Crippen MR) is 86.3 cm³/mol. The standard InChI is InChI=1S/C15H12BrFN2OS/c16-9-5-10(17)7-11(6-9)20-15-12(14(18)21)4-8-2-1-3-13(8)19-15/h4-7H,1-3H2,(H2,18,21). The summed E-state index contributed by atoms with van der Waals surface area (Å²) in [6, 6.07) is 6.25. The van der Waals surface area contributed by atoms with Gasteiger partial charge in [-0.25, -0.2) is 9.37 Å². The molecule has 6 heteroatoms. The van der Waals surface area contributed by atoms with Crippen molar-refractivity contribution in [3.63, 3.8) is 0 Å². The molecule has 21 heavy (non-hydrogen) atoms. The molecule has 3 nitrogen and oxygen atoms in total. The van der Waals surface area contributed by atoms with E-state index in [1.807, 2.05) is 6.07 Å². The van der Waals surface area contributed by atoms with E-state index < -0.39 is 5.82 Å². The van der Waals surface area contributed by atoms with E-state index in [1.165, 1.54) is 12.1 Å². The summed E-state index contributed by atoms with van der Waals surface area (Å²) in [5.41, 5.74) is 8.50. The molecule has 2 aromatic rings. The van der Waals surface area contributed by atoms with Gasteiger partial charge in [0.05, 0.1) is 5.56 Å². The SMILES string of the molecule is NC(=S)c1cc2c(nc1Oc1cc(F)cc(Br)c1)CCC2. The van der Waals surface area contributed by atoms with Crippen molar-refractivity contribution < 1.29 is 9.13 Å². The molecular weight excluding hydrogens is 355 g/mol. The number of pyridine rings is 1. The molecule has 3 rings (SSSR count). The molecule has 108 valence electrons. The van der Waals surface area contributed by atoms with Crippen LogP contribution in [0.15, 0.2) is 28.7 Å². The average Bonchev–Trinajstić information content (AvgIpc) is 2.83. The molecule has 1 heterocycles. The van der Waals surface area contributed by atoms with E-state index >= 15 is 0 Å². The topological polar surface area (TPSA) is 48.1 Å². The molecular formula is C15H12BrFN2OS. The summed E-state index contributed by atoms with van der Waals surface area (Å²) in [6.07, 6.45) is 2.95. The van der Waals surface area contributed by atoms with E-state index in [2.05, 4.69) is 20.9 Å². The number of benzene rings is 1.